The summed E-state index contributed by atoms with van der Waals surface area (Å²) in [4.78, 5) is 11.0. The second-order valence-electron chi connectivity index (χ2n) is 5.78. The van der Waals surface area contributed by atoms with Crippen molar-refractivity contribution in [1.82, 2.24) is 5.32 Å². The molecule has 2 rings (SSSR count). The summed E-state index contributed by atoms with van der Waals surface area (Å²) in [6.45, 7) is 4.80. The van der Waals surface area contributed by atoms with Gasteiger partial charge in [0.1, 0.15) is 5.75 Å². The van der Waals surface area contributed by atoms with Crippen LogP contribution in [0.15, 0.2) is 24.3 Å². The van der Waals surface area contributed by atoms with Crippen LogP contribution in [0.5, 0.6) is 5.75 Å². The van der Waals surface area contributed by atoms with Crippen molar-refractivity contribution in [3.63, 3.8) is 0 Å². The van der Waals surface area contributed by atoms with Gasteiger partial charge < -0.3 is 15.2 Å². The zero-order valence-electron chi connectivity index (χ0n) is 12.8. The third-order valence-corrected chi connectivity index (χ3v) is 4.23. The molecule has 1 unspecified atom stereocenters. The van der Waals surface area contributed by atoms with E-state index in [4.69, 9.17) is 9.84 Å². The minimum Gasteiger partial charge on any atom is -0.494 e. The summed E-state index contributed by atoms with van der Waals surface area (Å²) in [7, 11) is 0. The average Bonchev–Trinajstić information content (AvgIpc) is 2.48. The molecule has 0 bridgehead atoms. The van der Waals surface area contributed by atoms with Crippen molar-refractivity contribution in [1.29, 1.82) is 0 Å². The summed E-state index contributed by atoms with van der Waals surface area (Å²) in [5, 5.41) is 12.6. The predicted molar refractivity (Wildman–Crippen MR) is 82.5 cm³/mol. The summed E-state index contributed by atoms with van der Waals surface area (Å²) in [5.74, 6) is 0.101. The number of benzene rings is 1. The normalized spacial score (nSPS) is 23.5. The van der Waals surface area contributed by atoms with E-state index >= 15 is 0 Å². The molecule has 1 aliphatic carbocycles. The highest BCUT2D eigenvalue weighted by Gasteiger charge is 2.26. The molecule has 4 heteroatoms. The number of carboxylic acid groups (broad SMARTS) is 1. The largest absolute Gasteiger partial charge is 0.494 e. The SMILES string of the molecule is CCOc1cccc(C(C)NC2CCC(C(=O)O)CC2)c1. The number of aliphatic carboxylic acids is 1. The lowest BCUT2D eigenvalue weighted by atomic mass is 9.85. The summed E-state index contributed by atoms with van der Waals surface area (Å²) in [6, 6.07) is 8.81. The van der Waals surface area contributed by atoms with E-state index in [2.05, 4.69) is 24.4 Å². The van der Waals surface area contributed by atoms with Crippen LogP contribution < -0.4 is 10.1 Å². The number of carbonyl (C=O) groups is 1. The van der Waals surface area contributed by atoms with Gasteiger partial charge in [0.25, 0.3) is 0 Å². The van der Waals surface area contributed by atoms with E-state index in [0.717, 1.165) is 31.4 Å². The van der Waals surface area contributed by atoms with Crippen molar-refractivity contribution < 1.29 is 14.6 Å². The van der Waals surface area contributed by atoms with E-state index in [0.29, 0.717) is 12.6 Å². The van der Waals surface area contributed by atoms with E-state index in [1.807, 2.05) is 19.1 Å². The lowest BCUT2D eigenvalue weighted by Gasteiger charge is -2.29. The first kappa shape index (κ1) is 15.8. The molecular formula is C17H25NO3. The van der Waals surface area contributed by atoms with Gasteiger partial charge in [-0.25, -0.2) is 0 Å². The highest BCUT2D eigenvalue weighted by molar-refractivity contribution is 5.70. The lowest BCUT2D eigenvalue weighted by Crippen LogP contribution is -2.36. The van der Waals surface area contributed by atoms with Crippen LogP contribution in [0, 0.1) is 5.92 Å². The maximum absolute atomic E-state index is 11.0. The number of ether oxygens (including phenoxy) is 1. The van der Waals surface area contributed by atoms with Crippen LogP contribution in [0.1, 0.15) is 51.1 Å². The summed E-state index contributed by atoms with van der Waals surface area (Å²) >= 11 is 0. The van der Waals surface area contributed by atoms with Gasteiger partial charge in [0, 0.05) is 12.1 Å². The summed E-state index contributed by atoms with van der Waals surface area (Å²) in [5.41, 5.74) is 1.21. The first-order valence-corrected chi connectivity index (χ1v) is 7.81. The van der Waals surface area contributed by atoms with Crippen molar-refractivity contribution in [2.24, 2.45) is 5.92 Å². The fraction of sp³-hybridized carbons (Fsp3) is 0.588. The Balaban J connectivity index is 1.88. The molecule has 116 valence electrons. The van der Waals surface area contributed by atoms with Crippen LogP contribution in [0.25, 0.3) is 0 Å². The Hall–Kier alpha value is -1.55. The van der Waals surface area contributed by atoms with Gasteiger partial charge in [0.15, 0.2) is 0 Å². The van der Waals surface area contributed by atoms with Crippen LogP contribution in [0.4, 0.5) is 0 Å². The van der Waals surface area contributed by atoms with Crippen LogP contribution in [0.2, 0.25) is 0 Å². The molecule has 1 fully saturated rings. The molecule has 0 radical (unpaired) electrons. The molecule has 0 aromatic heterocycles. The molecular weight excluding hydrogens is 266 g/mol. The van der Waals surface area contributed by atoms with Gasteiger partial charge in [-0.3, -0.25) is 4.79 Å². The average molecular weight is 291 g/mol. The van der Waals surface area contributed by atoms with Gasteiger partial charge >= 0.3 is 5.97 Å². The van der Waals surface area contributed by atoms with Crippen LogP contribution >= 0.6 is 0 Å². The quantitative estimate of drug-likeness (QED) is 0.843. The number of nitrogens with one attached hydrogen (secondary N) is 1. The minimum atomic E-state index is -0.647. The highest BCUT2D eigenvalue weighted by atomic mass is 16.5. The zero-order chi connectivity index (χ0) is 15.2. The maximum atomic E-state index is 11.0. The molecule has 21 heavy (non-hydrogen) atoms. The van der Waals surface area contributed by atoms with E-state index in [1.54, 1.807) is 0 Å². The van der Waals surface area contributed by atoms with Gasteiger partial charge in [-0.1, -0.05) is 12.1 Å². The number of hydrogen-bond donors (Lipinski definition) is 2. The van der Waals surface area contributed by atoms with Gasteiger partial charge in [-0.05, 0) is 57.2 Å². The zero-order valence-corrected chi connectivity index (χ0v) is 12.8. The number of carboxylic acids is 1. The van der Waals surface area contributed by atoms with Crippen LogP contribution in [-0.4, -0.2) is 23.7 Å². The Bertz CT molecular complexity index is 467. The smallest absolute Gasteiger partial charge is 0.306 e. The second kappa shape index (κ2) is 7.46. The van der Waals surface area contributed by atoms with Gasteiger partial charge in [-0.15, -0.1) is 0 Å². The monoisotopic (exact) mass is 291 g/mol. The molecule has 4 nitrogen and oxygen atoms in total. The van der Waals surface area contributed by atoms with Crippen molar-refractivity contribution in [2.75, 3.05) is 6.61 Å². The molecule has 1 aliphatic rings. The standard InChI is InChI=1S/C17H25NO3/c1-3-21-16-6-4-5-14(11-16)12(2)18-15-9-7-13(8-10-15)17(19)20/h4-6,11-13,15,18H,3,7-10H2,1-2H3,(H,19,20). The molecule has 0 saturated heterocycles. The Morgan fingerprint density at radius 1 is 1.38 bits per heavy atom. The van der Waals surface area contributed by atoms with E-state index in [9.17, 15) is 4.79 Å². The third-order valence-electron chi connectivity index (χ3n) is 4.23. The van der Waals surface area contributed by atoms with Crippen LogP contribution in [-0.2, 0) is 4.79 Å². The molecule has 0 amide bonds. The Kier molecular flexibility index (Phi) is 5.62. The van der Waals surface area contributed by atoms with E-state index in [1.165, 1.54) is 5.56 Å². The molecule has 0 spiro atoms. The van der Waals surface area contributed by atoms with Gasteiger partial charge in [0.05, 0.1) is 12.5 Å². The number of rotatable bonds is 6. The first-order valence-electron chi connectivity index (χ1n) is 7.81. The van der Waals surface area contributed by atoms with Crippen molar-refractivity contribution in [3.8, 4) is 5.75 Å². The predicted octanol–water partition coefficient (Wildman–Crippen LogP) is 3.38. The van der Waals surface area contributed by atoms with Gasteiger partial charge in [0.2, 0.25) is 0 Å². The molecule has 1 atom stereocenters. The van der Waals surface area contributed by atoms with Crippen molar-refractivity contribution in [3.05, 3.63) is 29.8 Å². The highest BCUT2D eigenvalue weighted by Crippen LogP contribution is 2.27. The fourth-order valence-corrected chi connectivity index (χ4v) is 3.00. The van der Waals surface area contributed by atoms with E-state index < -0.39 is 5.97 Å². The minimum absolute atomic E-state index is 0.153. The number of hydrogen-bond acceptors (Lipinski definition) is 3. The molecule has 1 aromatic rings. The lowest BCUT2D eigenvalue weighted by molar-refractivity contribution is -0.142. The third kappa shape index (κ3) is 4.46. The summed E-state index contributed by atoms with van der Waals surface area (Å²) in [6.07, 6.45) is 3.43. The van der Waals surface area contributed by atoms with E-state index in [-0.39, 0.29) is 12.0 Å². The molecule has 0 aliphatic heterocycles. The van der Waals surface area contributed by atoms with Gasteiger partial charge in [-0.2, -0.15) is 0 Å². The Labute approximate surface area is 126 Å². The first-order chi connectivity index (χ1) is 10.1. The Morgan fingerprint density at radius 2 is 2.10 bits per heavy atom. The topological polar surface area (TPSA) is 58.6 Å². The van der Waals surface area contributed by atoms with Crippen LogP contribution in [0.3, 0.4) is 0 Å². The second-order valence-corrected chi connectivity index (χ2v) is 5.78. The van der Waals surface area contributed by atoms with Crippen molar-refractivity contribution >= 4 is 5.97 Å². The molecule has 1 aromatic carbocycles. The molecule has 0 heterocycles. The fourth-order valence-electron chi connectivity index (χ4n) is 3.00. The maximum Gasteiger partial charge on any atom is 0.306 e. The van der Waals surface area contributed by atoms with Crippen molar-refractivity contribution in [2.45, 2.75) is 51.6 Å². The molecule has 1 saturated carbocycles. The Morgan fingerprint density at radius 3 is 2.71 bits per heavy atom. The summed E-state index contributed by atoms with van der Waals surface area (Å²) < 4.78 is 5.53. The molecule has 2 N–H and O–H groups in total.